The Morgan fingerprint density at radius 2 is 1.74 bits per heavy atom. The van der Waals surface area contributed by atoms with E-state index in [0.29, 0.717) is 19.4 Å². The van der Waals surface area contributed by atoms with Crippen LogP contribution in [-0.2, 0) is 4.79 Å². The minimum absolute atomic E-state index is 0.0241. The van der Waals surface area contributed by atoms with Crippen LogP contribution in [0.15, 0.2) is 5.16 Å². The summed E-state index contributed by atoms with van der Waals surface area (Å²) in [5.74, 6) is 0.0179. The van der Waals surface area contributed by atoms with E-state index in [9.17, 15) is 4.79 Å². The molecule has 0 aliphatic rings. The molecule has 0 radical (unpaired) electrons. The van der Waals surface area contributed by atoms with Gasteiger partial charge in [-0.3, -0.25) is 4.79 Å². The highest BCUT2D eigenvalue weighted by Gasteiger charge is 2.44. The van der Waals surface area contributed by atoms with Gasteiger partial charge in [-0.2, -0.15) is 0 Å². The van der Waals surface area contributed by atoms with Gasteiger partial charge in [-0.25, -0.2) is 0 Å². The molecule has 0 atom stereocenters. The maximum Gasteiger partial charge on any atom is 0.236 e. The fourth-order valence-electron chi connectivity index (χ4n) is 2.67. The summed E-state index contributed by atoms with van der Waals surface area (Å²) >= 11 is 0. The Morgan fingerprint density at radius 1 is 1.26 bits per heavy atom. The molecular formula is C14H29N3O2. The van der Waals surface area contributed by atoms with Gasteiger partial charge in [-0.1, -0.05) is 31.8 Å². The van der Waals surface area contributed by atoms with Gasteiger partial charge >= 0.3 is 0 Å². The van der Waals surface area contributed by atoms with Crippen molar-refractivity contribution in [3.63, 3.8) is 0 Å². The first kappa shape index (κ1) is 17.7. The van der Waals surface area contributed by atoms with E-state index in [-0.39, 0.29) is 17.8 Å². The highest BCUT2D eigenvalue weighted by molar-refractivity contribution is 6.06. The zero-order valence-corrected chi connectivity index (χ0v) is 12.9. The molecular weight excluding hydrogens is 242 g/mol. The average molecular weight is 271 g/mol. The minimum atomic E-state index is -0.863. The molecule has 0 saturated heterocycles. The summed E-state index contributed by atoms with van der Waals surface area (Å²) in [5.41, 5.74) is 5.01. The van der Waals surface area contributed by atoms with Crippen LogP contribution in [-0.4, -0.2) is 34.4 Å². The second kappa shape index (κ2) is 8.02. The molecule has 19 heavy (non-hydrogen) atoms. The zero-order valence-electron chi connectivity index (χ0n) is 12.9. The van der Waals surface area contributed by atoms with Crippen molar-refractivity contribution in [3.8, 4) is 0 Å². The molecule has 0 fully saturated rings. The number of amidine groups is 1. The number of hydrogen-bond acceptors (Lipinski definition) is 3. The lowest BCUT2D eigenvalue weighted by atomic mass is 9.76. The highest BCUT2D eigenvalue weighted by atomic mass is 16.4. The van der Waals surface area contributed by atoms with E-state index in [0.717, 1.165) is 12.8 Å². The predicted octanol–water partition coefficient (Wildman–Crippen LogP) is 2.58. The third-order valence-electron chi connectivity index (χ3n) is 3.59. The molecule has 5 nitrogen and oxygen atoms in total. The van der Waals surface area contributed by atoms with E-state index in [2.05, 4.69) is 5.16 Å². The number of nitrogens with zero attached hydrogens (tertiary/aromatic N) is 2. The second-order valence-electron chi connectivity index (χ2n) is 5.25. The molecule has 0 aliphatic heterocycles. The predicted molar refractivity (Wildman–Crippen MR) is 78.2 cm³/mol. The fourth-order valence-corrected chi connectivity index (χ4v) is 2.67. The molecule has 0 unspecified atom stereocenters. The number of carbonyl (C=O) groups is 1. The first-order valence-electron chi connectivity index (χ1n) is 7.20. The first-order chi connectivity index (χ1) is 8.91. The van der Waals surface area contributed by atoms with E-state index < -0.39 is 5.41 Å². The van der Waals surface area contributed by atoms with Crippen molar-refractivity contribution in [1.29, 1.82) is 0 Å². The first-order valence-corrected chi connectivity index (χ1v) is 7.20. The molecule has 0 spiro atoms. The normalized spacial score (nSPS) is 12.8. The van der Waals surface area contributed by atoms with Crippen LogP contribution in [0, 0.1) is 5.41 Å². The van der Waals surface area contributed by atoms with Gasteiger partial charge in [0.2, 0.25) is 5.91 Å². The van der Waals surface area contributed by atoms with Gasteiger partial charge in [0.1, 0.15) is 5.41 Å². The van der Waals surface area contributed by atoms with Gasteiger partial charge in [-0.15, -0.1) is 0 Å². The molecule has 0 aromatic carbocycles. The summed E-state index contributed by atoms with van der Waals surface area (Å²) < 4.78 is 0. The molecule has 0 aromatic heterocycles. The molecule has 112 valence electrons. The number of rotatable bonds is 8. The van der Waals surface area contributed by atoms with Crippen LogP contribution in [0.2, 0.25) is 0 Å². The molecule has 0 heterocycles. The molecule has 1 amide bonds. The molecule has 3 N–H and O–H groups in total. The standard InChI is InChI=1S/C14H29N3O2/c1-6-9-14(10-7-2,12(15)16-19)13(18)17(8-3)11(4)5/h11,19H,6-10H2,1-5H3,(H2,15,16). The third kappa shape index (κ3) is 3.85. The van der Waals surface area contributed by atoms with E-state index in [1.165, 1.54) is 0 Å². The highest BCUT2D eigenvalue weighted by Crippen LogP contribution is 2.33. The summed E-state index contributed by atoms with van der Waals surface area (Å²) in [7, 11) is 0. The Hall–Kier alpha value is -1.26. The number of carbonyl (C=O) groups excluding carboxylic acids is 1. The second-order valence-corrected chi connectivity index (χ2v) is 5.25. The topological polar surface area (TPSA) is 78.9 Å². The van der Waals surface area contributed by atoms with Gasteiger partial charge in [0, 0.05) is 12.6 Å². The Kier molecular flexibility index (Phi) is 7.49. The van der Waals surface area contributed by atoms with Crippen molar-refractivity contribution >= 4 is 11.7 Å². The van der Waals surface area contributed by atoms with Crippen molar-refractivity contribution in [2.24, 2.45) is 16.3 Å². The quantitative estimate of drug-likeness (QED) is 0.308. The Labute approximate surface area is 116 Å². The summed E-state index contributed by atoms with van der Waals surface area (Å²) in [4.78, 5) is 14.7. The van der Waals surface area contributed by atoms with Crippen molar-refractivity contribution in [1.82, 2.24) is 4.90 Å². The molecule has 5 heteroatoms. The Morgan fingerprint density at radius 3 is 2.00 bits per heavy atom. The maximum atomic E-state index is 12.9. The SMILES string of the molecule is CCCC(CCC)(C(=O)N(CC)C(C)C)C(N)=NO. The minimum Gasteiger partial charge on any atom is -0.409 e. The van der Waals surface area contributed by atoms with E-state index in [4.69, 9.17) is 10.9 Å². The van der Waals surface area contributed by atoms with Gasteiger partial charge in [0.05, 0.1) is 0 Å². The lowest BCUT2D eigenvalue weighted by molar-refractivity contribution is -0.140. The Bertz CT molecular complexity index is 308. The number of amides is 1. The summed E-state index contributed by atoms with van der Waals surface area (Å²) in [6, 6.07) is 0.108. The van der Waals surface area contributed by atoms with Crippen molar-refractivity contribution < 1.29 is 10.0 Å². The molecule has 0 bridgehead atoms. The smallest absolute Gasteiger partial charge is 0.236 e. The van der Waals surface area contributed by atoms with Crippen LogP contribution in [0.4, 0.5) is 0 Å². The lowest BCUT2D eigenvalue weighted by Gasteiger charge is -2.37. The lowest BCUT2D eigenvalue weighted by Crippen LogP contribution is -2.53. The van der Waals surface area contributed by atoms with Crippen LogP contribution in [0.1, 0.15) is 60.3 Å². The van der Waals surface area contributed by atoms with Crippen molar-refractivity contribution in [2.75, 3.05) is 6.54 Å². The summed E-state index contributed by atoms with van der Waals surface area (Å²) in [6.45, 7) is 10.6. The van der Waals surface area contributed by atoms with E-state index in [1.807, 2.05) is 34.6 Å². The van der Waals surface area contributed by atoms with Crippen LogP contribution in [0.25, 0.3) is 0 Å². The van der Waals surface area contributed by atoms with Crippen LogP contribution < -0.4 is 5.73 Å². The van der Waals surface area contributed by atoms with E-state index in [1.54, 1.807) is 4.90 Å². The average Bonchev–Trinajstić information content (AvgIpc) is 2.37. The molecule has 0 aromatic rings. The van der Waals surface area contributed by atoms with Crippen LogP contribution >= 0.6 is 0 Å². The zero-order chi connectivity index (χ0) is 15.1. The van der Waals surface area contributed by atoms with E-state index >= 15 is 0 Å². The van der Waals surface area contributed by atoms with Gasteiger partial charge in [0.25, 0.3) is 0 Å². The number of hydrogen-bond donors (Lipinski definition) is 2. The third-order valence-corrected chi connectivity index (χ3v) is 3.59. The summed E-state index contributed by atoms with van der Waals surface area (Å²) in [5, 5.41) is 12.2. The van der Waals surface area contributed by atoms with Gasteiger partial charge in [0.15, 0.2) is 5.84 Å². The fraction of sp³-hybridized carbons (Fsp3) is 0.857. The maximum absolute atomic E-state index is 12.9. The monoisotopic (exact) mass is 271 g/mol. The van der Waals surface area contributed by atoms with Crippen molar-refractivity contribution in [3.05, 3.63) is 0 Å². The van der Waals surface area contributed by atoms with Crippen LogP contribution in [0.3, 0.4) is 0 Å². The molecule has 0 rings (SSSR count). The number of nitrogens with two attached hydrogens (primary N) is 1. The summed E-state index contributed by atoms with van der Waals surface area (Å²) in [6.07, 6.45) is 2.85. The largest absolute Gasteiger partial charge is 0.409 e. The number of oxime groups is 1. The van der Waals surface area contributed by atoms with Crippen LogP contribution in [0.5, 0.6) is 0 Å². The molecule has 0 saturated carbocycles. The van der Waals surface area contributed by atoms with Crippen molar-refractivity contribution in [2.45, 2.75) is 66.3 Å². The Balaban J connectivity index is 5.60. The van der Waals surface area contributed by atoms with Gasteiger partial charge in [-0.05, 0) is 33.6 Å². The van der Waals surface area contributed by atoms with Gasteiger partial charge < -0.3 is 15.8 Å². The molecule has 0 aliphatic carbocycles.